The Balaban J connectivity index is 0.00000392. The predicted octanol–water partition coefficient (Wildman–Crippen LogP) is 4.80. The van der Waals surface area contributed by atoms with Gasteiger partial charge in [0.2, 0.25) is 5.75 Å². The van der Waals surface area contributed by atoms with E-state index in [1.165, 1.54) is 0 Å². The molecule has 0 bridgehead atoms. The summed E-state index contributed by atoms with van der Waals surface area (Å²) in [5, 5.41) is 4.27. The summed E-state index contributed by atoms with van der Waals surface area (Å²) in [4.78, 5) is 4.38. The number of methoxy groups -OCH3 is 3. The lowest BCUT2D eigenvalue weighted by Gasteiger charge is -2.17. The molecule has 2 aromatic carbocycles. The van der Waals surface area contributed by atoms with E-state index in [1.807, 2.05) is 25.1 Å². The van der Waals surface area contributed by atoms with Gasteiger partial charge in [-0.25, -0.2) is 4.99 Å². The van der Waals surface area contributed by atoms with Crippen LogP contribution >= 0.6 is 47.2 Å². The average molecular weight is 540 g/mol. The van der Waals surface area contributed by atoms with Crippen molar-refractivity contribution in [2.75, 3.05) is 21.3 Å². The third-order valence-electron chi connectivity index (χ3n) is 3.95. The monoisotopic (exact) mass is 539 g/mol. The molecular formula is C19H24Cl2IN3O3. The molecule has 0 saturated carbocycles. The van der Waals surface area contributed by atoms with Gasteiger partial charge in [-0.15, -0.1) is 24.0 Å². The third kappa shape index (κ3) is 6.22. The van der Waals surface area contributed by atoms with E-state index in [2.05, 4.69) is 10.3 Å². The van der Waals surface area contributed by atoms with Crippen molar-refractivity contribution in [2.45, 2.75) is 19.5 Å². The molecule has 6 nitrogen and oxygen atoms in total. The second kappa shape index (κ2) is 11.4. The molecule has 3 N–H and O–H groups in total. The molecule has 0 radical (unpaired) electrons. The van der Waals surface area contributed by atoms with Gasteiger partial charge in [-0.05, 0) is 42.3 Å². The molecule has 0 aromatic heterocycles. The maximum atomic E-state index is 6.23. The van der Waals surface area contributed by atoms with Gasteiger partial charge < -0.3 is 25.3 Å². The van der Waals surface area contributed by atoms with E-state index in [-0.39, 0.29) is 30.0 Å². The van der Waals surface area contributed by atoms with E-state index in [1.54, 1.807) is 33.5 Å². The Bertz CT molecular complexity index is 809. The SMILES string of the molecule is COc1cc(CN=C(N)NC(C)c2ccc(Cl)cc2Cl)cc(OC)c1OC.I. The smallest absolute Gasteiger partial charge is 0.203 e. The lowest BCUT2D eigenvalue weighted by molar-refractivity contribution is 0.324. The van der Waals surface area contributed by atoms with Crippen molar-refractivity contribution in [2.24, 2.45) is 10.7 Å². The van der Waals surface area contributed by atoms with Gasteiger partial charge in [0.05, 0.1) is 33.9 Å². The van der Waals surface area contributed by atoms with Gasteiger partial charge in [0.1, 0.15) is 0 Å². The number of halogens is 3. The highest BCUT2D eigenvalue weighted by atomic mass is 127. The topological polar surface area (TPSA) is 78.1 Å². The highest BCUT2D eigenvalue weighted by Crippen LogP contribution is 2.38. The highest BCUT2D eigenvalue weighted by molar-refractivity contribution is 14.0. The quantitative estimate of drug-likeness (QED) is 0.300. The number of hydrogen-bond donors (Lipinski definition) is 2. The molecule has 0 spiro atoms. The number of nitrogens with one attached hydrogen (secondary N) is 1. The fourth-order valence-electron chi connectivity index (χ4n) is 2.60. The number of ether oxygens (including phenoxy) is 3. The molecule has 2 rings (SSSR count). The highest BCUT2D eigenvalue weighted by Gasteiger charge is 2.14. The summed E-state index contributed by atoms with van der Waals surface area (Å²) >= 11 is 12.2. The molecule has 0 aliphatic rings. The van der Waals surface area contributed by atoms with Gasteiger partial charge in [0.25, 0.3) is 0 Å². The van der Waals surface area contributed by atoms with Crippen LogP contribution < -0.4 is 25.3 Å². The Labute approximate surface area is 192 Å². The van der Waals surface area contributed by atoms with Crippen LogP contribution in [-0.4, -0.2) is 27.3 Å². The zero-order chi connectivity index (χ0) is 20.0. The van der Waals surface area contributed by atoms with Crippen molar-refractivity contribution in [1.29, 1.82) is 0 Å². The molecule has 0 aliphatic heterocycles. The summed E-state index contributed by atoms with van der Waals surface area (Å²) in [6.45, 7) is 2.29. The Kier molecular flexibility index (Phi) is 9.98. The summed E-state index contributed by atoms with van der Waals surface area (Å²) in [5.41, 5.74) is 7.77. The molecule has 0 heterocycles. The molecule has 0 fully saturated rings. The molecule has 0 amide bonds. The number of guanidine groups is 1. The normalized spacial score (nSPS) is 12.0. The molecule has 2 aromatic rings. The van der Waals surface area contributed by atoms with Gasteiger partial charge in [-0.3, -0.25) is 0 Å². The standard InChI is InChI=1S/C19H23Cl2N3O3.HI/c1-11(14-6-5-13(20)9-15(14)21)24-19(22)23-10-12-7-16(25-2)18(27-4)17(8-12)26-3;/h5-9,11H,10H2,1-4H3,(H3,22,23,24);1H. The van der Waals surface area contributed by atoms with Crippen LogP contribution in [0.1, 0.15) is 24.1 Å². The van der Waals surface area contributed by atoms with E-state index in [4.69, 9.17) is 43.1 Å². The van der Waals surface area contributed by atoms with Crippen LogP contribution in [0.5, 0.6) is 17.2 Å². The second-order valence-electron chi connectivity index (χ2n) is 5.77. The van der Waals surface area contributed by atoms with Crippen molar-refractivity contribution in [3.8, 4) is 17.2 Å². The largest absolute Gasteiger partial charge is 0.493 e. The lowest BCUT2D eigenvalue weighted by atomic mass is 10.1. The van der Waals surface area contributed by atoms with Crippen molar-refractivity contribution in [3.05, 3.63) is 51.5 Å². The summed E-state index contributed by atoms with van der Waals surface area (Å²) in [6, 6.07) is 8.87. The van der Waals surface area contributed by atoms with E-state index < -0.39 is 0 Å². The number of aliphatic imine (C=N–C) groups is 1. The van der Waals surface area contributed by atoms with Crippen LogP contribution in [0.3, 0.4) is 0 Å². The van der Waals surface area contributed by atoms with Crippen molar-refractivity contribution in [1.82, 2.24) is 5.32 Å². The van der Waals surface area contributed by atoms with Crippen molar-refractivity contribution < 1.29 is 14.2 Å². The zero-order valence-corrected chi connectivity index (χ0v) is 19.9. The van der Waals surface area contributed by atoms with Gasteiger partial charge in [-0.2, -0.15) is 0 Å². The molecule has 0 aliphatic carbocycles. The number of nitrogens with two attached hydrogens (primary N) is 1. The zero-order valence-electron chi connectivity index (χ0n) is 16.1. The summed E-state index contributed by atoms with van der Waals surface area (Å²) in [5.74, 6) is 1.96. The number of hydrogen-bond acceptors (Lipinski definition) is 4. The molecule has 0 saturated heterocycles. The summed E-state index contributed by atoms with van der Waals surface area (Å²) in [7, 11) is 4.69. The first-order chi connectivity index (χ1) is 12.9. The van der Waals surface area contributed by atoms with Gasteiger partial charge in [0.15, 0.2) is 17.5 Å². The Morgan fingerprint density at radius 3 is 2.18 bits per heavy atom. The third-order valence-corrected chi connectivity index (χ3v) is 4.51. The van der Waals surface area contributed by atoms with E-state index in [0.717, 1.165) is 11.1 Å². The van der Waals surface area contributed by atoms with Crippen LogP contribution in [0.25, 0.3) is 0 Å². The molecule has 9 heteroatoms. The Morgan fingerprint density at radius 2 is 1.68 bits per heavy atom. The molecule has 154 valence electrons. The minimum absolute atomic E-state index is 0. The fourth-order valence-corrected chi connectivity index (χ4v) is 3.17. The first-order valence-corrected chi connectivity index (χ1v) is 8.95. The van der Waals surface area contributed by atoms with Crippen LogP contribution in [-0.2, 0) is 6.54 Å². The fraction of sp³-hybridized carbons (Fsp3) is 0.316. The van der Waals surface area contributed by atoms with E-state index in [9.17, 15) is 0 Å². The summed E-state index contributed by atoms with van der Waals surface area (Å²) in [6.07, 6.45) is 0. The van der Waals surface area contributed by atoms with E-state index in [0.29, 0.717) is 39.8 Å². The number of nitrogens with zero attached hydrogens (tertiary/aromatic N) is 1. The predicted molar refractivity (Wildman–Crippen MR) is 125 cm³/mol. The molecule has 1 atom stereocenters. The second-order valence-corrected chi connectivity index (χ2v) is 6.61. The van der Waals surface area contributed by atoms with Crippen molar-refractivity contribution >= 4 is 53.1 Å². The minimum Gasteiger partial charge on any atom is -0.493 e. The van der Waals surface area contributed by atoms with Crippen LogP contribution in [0.2, 0.25) is 10.0 Å². The Morgan fingerprint density at radius 1 is 1.07 bits per heavy atom. The van der Waals surface area contributed by atoms with Gasteiger partial charge in [-0.1, -0.05) is 29.3 Å². The van der Waals surface area contributed by atoms with Crippen LogP contribution in [0.15, 0.2) is 35.3 Å². The van der Waals surface area contributed by atoms with Gasteiger partial charge in [0, 0.05) is 10.0 Å². The first-order valence-electron chi connectivity index (χ1n) is 8.19. The van der Waals surface area contributed by atoms with Gasteiger partial charge >= 0.3 is 0 Å². The van der Waals surface area contributed by atoms with Crippen LogP contribution in [0, 0.1) is 0 Å². The molecular weight excluding hydrogens is 516 g/mol. The maximum absolute atomic E-state index is 6.23. The lowest BCUT2D eigenvalue weighted by Crippen LogP contribution is -2.34. The summed E-state index contributed by atoms with van der Waals surface area (Å²) < 4.78 is 16.0. The molecule has 1 unspecified atom stereocenters. The minimum atomic E-state index is -0.126. The van der Waals surface area contributed by atoms with E-state index >= 15 is 0 Å². The van der Waals surface area contributed by atoms with Crippen LogP contribution in [0.4, 0.5) is 0 Å². The number of benzene rings is 2. The first kappa shape index (κ1) is 24.5. The Hall–Kier alpha value is -1.58. The average Bonchev–Trinajstić information content (AvgIpc) is 2.65. The molecule has 28 heavy (non-hydrogen) atoms. The maximum Gasteiger partial charge on any atom is 0.203 e. The number of rotatable bonds is 7. The van der Waals surface area contributed by atoms with Crippen molar-refractivity contribution in [3.63, 3.8) is 0 Å².